The summed E-state index contributed by atoms with van der Waals surface area (Å²) in [6, 6.07) is 4.23. The molecule has 0 atom stereocenters. The summed E-state index contributed by atoms with van der Waals surface area (Å²) in [5.41, 5.74) is 1.80. The average molecular weight is 336 g/mol. The molecule has 0 aliphatic heterocycles. The molecule has 0 bridgehead atoms. The highest BCUT2D eigenvalue weighted by Crippen LogP contribution is 2.22. The van der Waals surface area contributed by atoms with Gasteiger partial charge < -0.3 is 4.74 Å². The molecule has 0 fully saturated rings. The molecule has 0 unspecified atom stereocenters. The first-order valence-corrected chi connectivity index (χ1v) is 7.06. The molecule has 2 aromatic rings. The van der Waals surface area contributed by atoms with Crippen molar-refractivity contribution in [2.24, 2.45) is 5.16 Å². The lowest BCUT2D eigenvalue weighted by Gasteiger charge is -2.20. The van der Waals surface area contributed by atoms with Crippen LogP contribution in [0.4, 0.5) is 14.9 Å². The molecular weight excluding hydrogens is 319 g/mol. The number of amides is 1. The number of carbonyl (C=O) groups excluding carboxylic acids is 1. The smallest absolute Gasteiger partial charge is 0.384 e. The molecule has 0 saturated carbocycles. The maximum atomic E-state index is 13.5. The molecule has 24 heavy (non-hydrogen) atoms. The Labute approximate surface area is 137 Å². The van der Waals surface area contributed by atoms with E-state index in [9.17, 15) is 9.18 Å². The van der Waals surface area contributed by atoms with Crippen molar-refractivity contribution in [1.29, 1.82) is 0 Å². The summed E-state index contributed by atoms with van der Waals surface area (Å²) >= 11 is 0. The van der Waals surface area contributed by atoms with Crippen LogP contribution in [0.5, 0.6) is 0 Å². The van der Waals surface area contributed by atoms with Gasteiger partial charge in [-0.2, -0.15) is 0 Å². The van der Waals surface area contributed by atoms with E-state index in [0.717, 1.165) is 0 Å². The Morgan fingerprint density at radius 2 is 2.17 bits per heavy atom. The number of halogens is 1. The van der Waals surface area contributed by atoms with E-state index in [1.54, 1.807) is 14.0 Å². The Morgan fingerprint density at radius 3 is 2.83 bits per heavy atom. The number of anilines is 1. The van der Waals surface area contributed by atoms with Crippen LogP contribution < -0.4 is 4.90 Å². The van der Waals surface area contributed by atoms with Crippen LogP contribution in [0.2, 0.25) is 0 Å². The number of carbonyl (C=O) groups is 1. The van der Waals surface area contributed by atoms with Gasteiger partial charge >= 0.3 is 6.09 Å². The number of nitrogens with zero attached hydrogens (tertiary/aromatic N) is 4. The Hall–Kier alpha value is -2.81. The number of oxime groups is 1. The lowest BCUT2D eigenvalue weighted by Crippen LogP contribution is -2.30. The molecule has 0 aliphatic rings. The second-order valence-corrected chi connectivity index (χ2v) is 4.91. The molecule has 0 saturated heterocycles. The summed E-state index contributed by atoms with van der Waals surface area (Å²) in [6.45, 7) is 5.16. The van der Waals surface area contributed by atoms with E-state index in [2.05, 4.69) is 27.0 Å². The van der Waals surface area contributed by atoms with E-state index >= 15 is 0 Å². The van der Waals surface area contributed by atoms with Crippen LogP contribution in [0.1, 0.15) is 17.0 Å². The van der Waals surface area contributed by atoms with Gasteiger partial charge in [-0.25, -0.2) is 13.8 Å². The SMILES string of the molecule is C=NOC(=O)N(Cc1nonc1CCOC)c1ccc(F)c(C)c1. The predicted octanol–water partition coefficient (Wildman–Crippen LogP) is 2.46. The number of benzene rings is 1. The molecule has 9 heteroatoms. The highest BCUT2D eigenvalue weighted by Gasteiger charge is 2.23. The number of methoxy groups -OCH3 is 1. The topological polar surface area (TPSA) is 90.1 Å². The Kier molecular flexibility index (Phi) is 5.96. The number of rotatable bonds is 7. The standard InChI is InChI=1S/C15H17FN4O4/c1-10-8-11(4-5-12(10)16)20(15(21)23-17-2)9-14-13(6-7-22-3)18-24-19-14/h4-5,8H,2,6-7,9H2,1,3H3. The van der Waals surface area contributed by atoms with E-state index in [4.69, 9.17) is 9.37 Å². The largest absolute Gasteiger partial charge is 0.440 e. The third-order valence-electron chi connectivity index (χ3n) is 3.30. The van der Waals surface area contributed by atoms with Crippen LogP contribution in [0, 0.1) is 12.7 Å². The first-order chi connectivity index (χ1) is 11.6. The second kappa shape index (κ2) is 8.16. The van der Waals surface area contributed by atoms with Crippen LogP contribution in [0.3, 0.4) is 0 Å². The van der Waals surface area contributed by atoms with E-state index in [0.29, 0.717) is 35.7 Å². The van der Waals surface area contributed by atoms with Crippen LogP contribution in [-0.4, -0.2) is 36.8 Å². The normalized spacial score (nSPS) is 10.5. The number of ether oxygens (including phenoxy) is 1. The highest BCUT2D eigenvalue weighted by molar-refractivity contribution is 5.87. The third kappa shape index (κ3) is 4.13. The number of aromatic nitrogens is 2. The van der Waals surface area contributed by atoms with E-state index in [1.807, 2.05) is 0 Å². The minimum absolute atomic E-state index is 0.0158. The molecule has 0 radical (unpaired) electrons. The first kappa shape index (κ1) is 17.5. The zero-order valence-electron chi connectivity index (χ0n) is 13.4. The van der Waals surface area contributed by atoms with Crippen LogP contribution in [0.25, 0.3) is 0 Å². The van der Waals surface area contributed by atoms with Crippen LogP contribution in [0.15, 0.2) is 28.0 Å². The van der Waals surface area contributed by atoms with E-state index in [1.165, 1.54) is 23.1 Å². The minimum atomic E-state index is -0.781. The van der Waals surface area contributed by atoms with Crippen molar-refractivity contribution in [3.05, 3.63) is 41.0 Å². The molecule has 1 aromatic carbocycles. The van der Waals surface area contributed by atoms with Crippen LogP contribution in [-0.2, 0) is 22.5 Å². The molecule has 1 heterocycles. The van der Waals surface area contributed by atoms with Gasteiger partial charge in [-0.05, 0) is 30.7 Å². The summed E-state index contributed by atoms with van der Waals surface area (Å²) in [4.78, 5) is 18.0. The second-order valence-electron chi connectivity index (χ2n) is 4.91. The maximum Gasteiger partial charge on any atom is 0.440 e. The van der Waals surface area contributed by atoms with Crippen molar-refractivity contribution in [3.63, 3.8) is 0 Å². The monoisotopic (exact) mass is 336 g/mol. The summed E-state index contributed by atoms with van der Waals surface area (Å²) in [5.74, 6) is -0.377. The minimum Gasteiger partial charge on any atom is -0.384 e. The predicted molar refractivity (Wildman–Crippen MR) is 83.2 cm³/mol. The van der Waals surface area contributed by atoms with Crippen molar-refractivity contribution >= 4 is 18.5 Å². The van der Waals surface area contributed by atoms with Gasteiger partial charge in [-0.15, -0.1) is 0 Å². The van der Waals surface area contributed by atoms with Gasteiger partial charge in [0.2, 0.25) is 0 Å². The van der Waals surface area contributed by atoms with Gasteiger partial charge in [0.25, 0.3) is 0 Å². The first-order valence-electron chi connectivity index (χ1n) is 7.06. The maximum absolute atomic E-state index is 13.5. The van der Waals surface area contributed by atoms with E-state index in [-0.39, 0.29) is 12.4 Å². The Morgan fingerprint density at radius 1 is 1.42 bits per heavy atom. The lowest BCUT2D eigenvalue weighted by atomic mass is 10.2. The van der Waals surface area contributed by atoms with Gasteiger partial charge in [0.1, 0.15) is 17.2 Å². The number of hydrogen-bond donors (Lipinski definition) is 0. The summed E-state index contributed by atoms with van der Waals surface area (Å²) < 4.78 is 23.2. The third-order valence-corrected chi connectivity index (χ3v) is 3.30. The van der Waals surface area contributed by atoms with Gasteiger partial charge in [0.05, 0.1) is 13.2 Å². The molecule has 1 amide bonds. The number of aryl methyl sites for hydroxylation is 1. The van der Waals surface area contributed by atoms with Crippen molar-refractivity contribution in [3.8, 4) is 0 Å². The number of hydrogen-bond acceptors (Lipinski definition) is 7. The summed E-state index contributed by atoms with van der Waals surface area (Å²) in [5, 5.41) is 10.7. The van der Waals surface area contributed by atoms with Crippen molar-refractivity contribution in [2.45, 2.75) is 19.9 Å². The zero-order valence-corrected chi connectivity index (χ0v) is 13.4. The van der Waals surface area contributed by atoms with Gasteiger partial charge in [-0.1, -0.05) is 15.5 Å². The van der Waals surface area contributed by atoms with Crippen molar-refractivity contribution in [2.75, 3.05) is 18.6 Å². The molecule has 0 aliphatic carbocycles. The molecule has 8 nitrogen and oxygen atoms in total. The lowest BCUT2D eigenvalue weighted by molar-refractivity contribution is 0.159. The summed E-state index contributed by atoms with van der Waals surface area (Å²) in [7, 11) is 1.56. The van der Waals surface area contributed by atoms with Crippen LogP contribution >= 0.6 is 0 Å². The molecular formula is C15H17FN4O4. The molecule has 0 N–H and O–H groups in total. The molecule has 2 rings (SSSR count). The highest BCUT2D eigenvalue weighted by atomic mass is 19.1. The molecule has 128 valence electrons. The van der Waals surface area contributed by atoms with E-state index < -0.39 is 6.09 Å². The molecule has 0 spiro atoms. The van der Waals surface area contributed by atoms with Gasteiger partial charge in [0.15, 0.2) is 0 Å². The zero-order chi connectivity index (χ0) is 17.5. The Balaban J connectivity index is 2.30. The van der Waals surface area contributed by atoms with Crippen molar-refractivity contribution in [1.82, 2.24) is 10.3 Å². The fourth-order valence-corrected chi connectivity index (χ4v) is 2.05. The fourth-order valence-electron chi connectivity index (χ4n) is 2.05. The van der Waals surface area contributed by atoms with Gasteiger partial charge in [0, 0.05) is 25.9 Å². The molecule has 1 aromatic heterocycles. The quantitative estimate of drug-likeness (QED) is 0.438. The summed E-state index contributed by atoms with van der Waals surface area (Å²) in [6.07, 6.45) is -0.308. The Bertz CT molecular complexity index is 719. The fraction of sp³-hybridized carbons (Fsp3) is 0.333. The average Bonchev–Trinajstić information content (AvgIpc) is 3.00. The van der Waals surface area contributed by atoms with Gasteiger partial charge in [-0.3, -0.25) is 9.74 Å². The van der Waals surface area contributed by atoms with Crippen molar-refractivity contribution < 1.29 is 23.4 Å².